The smallest absolute Gasteiger partial charge is 0.306 e. The van der Waals surface area contributed by atoms with E-state index in [0.29, 0.717) is 13.0 Å². The second kappa shape index (κ2) is 35.9. The molecule has 6 atom stereocenters. The maximum atomic E-state index is 12.7. The van der Waals surface area contributed by atoms with E-state index in [1.807, 2.05) is 0 Å². The number of carbonyl (C=O) groups is 1. The van der Waals surface area contributed by atoms with Crippen molar-refractivity contribution in [2.24, 2.45) is 0 Å². The number of hydrogen-bond acceptors (Lipinski definition) is 9. The molecule has 1 fully saturated rings. The van der Waals surface area contributed by atoms with Crippen molar-refractivity contribution >= 4 is 5.97 Å². The van der Waals surface area contributed by atoms with Crippen LogP contribution in [0.5, 0.6) is 0 Å². The van der Waals surface area contributed by atoms with E-state index in [4.69, 9.17) is 18.9 Å². The van der Waals surface area contributed by atoms with E-state index in [0.717, 1.165) is 32.1 Å². The molecule has 0 bridgehead atoms. The molecule has 0 radical (unpaired) electrons. The van der Waals surface area contributed by atoms with Gasteiger partial charge in [-0.15, -0.1) is 0 Å². The number of ether oxygens (including phenoxy) is 4. The highest BCUT2D eigenvalue weighted by atomic mass is 16.7. The molecule has 310 valence electrons. The third-order valence-electron chi connectivity index (χ3n) is 10.5. The summed E-state index contributed by atoms with van der Waals surface area (Å²) in [6, 6.07) is 0. The molecule has 1 heterocycles. The number of carbonyl (C=O) groups excluding carboxylic acids is 1. The van der Waals surface area contributed by atoms with Gasteiger partial charge in [0.1, 0.15) is 30.5 Å². The summed E-state index contributed by atoms with van der Waals surface area (Å²) in [6.07, 6.45) is 29.9. The van der Waals surface area contributed by atoms with Gasteiger partial charge in [-0.2, -0.15) is 0 Å². The third kappa shape index (κ3) is 26.9. The Morgan fingerprint density at radius 1 is 0.538 bits per heavy atom. The van der Waals surface area contributed by atoms with Crippen LogP contribution in [0.25, 0.3) is 0 Å². The molecule has 1 aliphatic heterocycles. The molecule has 1 saturated heterocycles. The topological polar surface area (TPSA) is 135 Å². The van der Waals surface area contributed by atoms with Gasteiger partial charge >= 0.3 is 5.97 Å². The Morgan fingerprint density at radius 3 is 1.37 bits per heavy atom. The van der Waals surface area contributed by atoms with E-state index in [-0.39, 0.29) is 19.2 Å². The molecule has 6 unspecified atom stereocenters. The van der Waals surface area contributed by atoms with Crippen molar-refractivity contribution in [3.63, 3.8) is 0 Å². The lowest BCUT2D eigenvalue weighted by Gasteiger charge is -2.39. The summed E-state index contributed by atoms with van der Waals surface area (Å²) in [4.78, 5) is 12.7. The van der Waals surface area contributed by atoms with Crippen LogP contribution in [0.4, 0.5) is 0 Å². The van der Waals surface area contributed by atoms with Crippen LogP contribution < -0.4 is 0 Å². The van der Waals surface area contributed by atoms with Gasteiger partial charge in [-0.05, 0) is 12.8 Å². The molecule has 1 aliphatic rings. The van der Waals surface area contributed by atoms with Crippen molar-refractivity contribution in [2.75, 3.05) is 26.4 Å². The van der Waals surface area contributed by atoms with E-state index < -0.39 is 43.4 Å². The fourth-order valence-electron chi connectivity index (χ4n) is 7.02. The first-order valence-corrected chi connectivity index (χ1v) is 22.1. The second-order valence-electron chi connectivity index (χ2n) is 15.5. The van der Waals surface area contributed by atoms with Crippen molar-refractivity contribution in [1.29, 1.82) is 0 Å². The second-order valence-corrected chi connectivity index (χ2v) is 15.5. The van der Waals surface area contributed by atoms with Gasteiger partial charge in [-0.1, -0.05) is 187 Å². The number of hydrogen-bond donors (Lipinski definition) is 4. The summed E-state index contributed by atoms with van der Waals surface area (Å²) in [7, 11) is 0. The molecule has 52 heavy (non-hydrogen) atoms. The van der Waals surface area contributed by atoms with Gasteiger partial charge < -0.3 is 39.4 Å². The molecule has 9 heteroatoms. The molecular formula is C43H84O9. The maximum Gasteiger partial charge on any atom is 0.306 e. The lowest BCUT2D eigenvalue weighted by Crippen LogP contribution is -2.59. The summed E-state index contributed by atoms with van der Waals surface area (Å²) in [5.74, 6) is -0.310. The highest BCUT2D eigenvalue weighted by Gasteiger charge is 2.44. The van der Waals surface area contributed by atoms with Gasteiger partial charge in [0.25, 0.3) is 0 Å². The number of esters is 1. The predicted molar refractivity (Wildman–Crippen MR) is 210 cm³/mol. The first-order valence-electron chi connectivity index (χ1n) is 22.1. The summed E-state index contributed by atoms with van der Waals surface area (Å²) in [5.41, 5.74) is 0. The average molecular weight is 745 g/mol. The van der Waals surface area contributed by atoms with Crippen LogP contribution in [0.3, 0.4) is 0 Å². The Hall–Kier alpha value is -0.810. The molecule has 0 aromatic heterocycles. The minimum atomic E-state index is -1.53. The van der Waals surface area contributed by atoms with Crippen LogP contribution in [-0.4, -0.2) is 89.6 Å². The fourth-order valence-corrected chi connectivity index (χ4v) is 7.02. The largest absolute Gasteiger partial charge is 0.457 e. The lowest BCUT2D eigenvalue weighted by atomic mass is 9.99. The quantitative estimate of drug-likeness (QED) is 0.0360. The van der Waals surface area contributed by atoms with Crippen molar-refractivity contribution in [3.8, 4) is 0 Å². The van der Waals surface area contributed by atoms with Crippen molar-refractivity contribution in [3.05, 3.63) is 0 Å². The van der Waals surface area contributed by atoms with Gasteiger partial charge in [0, 0.05) is 13.0 Å². The average Bonchev–Trinajstić information content (AvgIpc) is 3.14. The molecule has 0 aliphatic carbocycles. The zero-order valence-electron chi connectivity index (χ0n) is 33.8. The minimum Gasteiger partial charge on any atom is -0.457 e. The SMILES string of the molecule is CCCCCCCCCCCCCCCCCCCCOCC(COC1OC(CO)C(O)C(O)C1O)OC(=O)CCCCCCCCCCCCC. The van der Waals surface area contributed by atoms with Crippen LogP contribution in [0.2, 0.25) is 0 Å². The molecule has 0 aromatic carbocycles. The van der Waals surface area contributed by atoms with Crippen molar-refractivity contribution in [2.45, 2.75) is 243 Å². The lowest BCUT2D eigenvalue weighted by molar-refractivity contribution is -0.305. The first kappa shape index (κ1) is 49.2. The Bertz CT molecular complexity index is 767. The minimum absolute atomic E-state index is 0.105. The van der Waals surface area contributed by atoms with E-state index in [9.17, 15) is 25.2 Å². The van der Waals surface area contributed by atoms with E-state index in [2.05, 4.69) is 13.8 Å². The first-order chi connectivity index (χ1) is 25.4. The Balaban J connectivity index is 2.22. The zero-order chi connectivity index (χ0) is 37.9. The fraction of sp³-hybridized carbons (Fsp3) is 0.977. The molecular weight excluding hydrogens is 660 g/mol. The Morgan fingerprint density at radius 2 is 0.942 bits per heavy atom. The maximum absolute atomic E-state index is 12.7. The number of aliphatic hydroxyl groups excluding tert-OH is 4. The molecule has 9 nitrogen and oxygen atoms in total. The summed E-state index contributed by atoms with van der Waals surface area (Å²) >= 11 is 0. The monoisotopic (exact) mass is 745 g/mol. The van der Waals surface area contributed by atoms with Crippen LogP contribution in [0.1, 0.15) is 206 Å². The normalized spacial score (nSPS) is 21.1. The van der Waals surface area contributed by atoms with E-state index in [1.165, 1.54) is 154 Å². The summed E-state index contributed by atoms with van der Waals surface area (Å²) < 4.78 is 22.8. The number of aliphatic hydroxyl groups is 4. The molecule has 4 N–H and O–H groups in total. The van der Waals surface area contributed by atoms with Crippen LogP contribution in [0, 0.1) is 0 Å². The van der Waals surface area contributed by atoms with E-state index >= 15 is 0 Å². The number of unbranched alkanes of at least 4 members (excludes halogenated alkanes) is 27. The highest BCUT2D eigenvalue weighted by molar-refractivity contribution is 5.69. The summed E-state index contributed by atoms with van der Waals surface area (Å²) in [5, 5.41) is 40.0. The van der Waals surface area contributed by atoms with Gasteiger partial charge in [-0.3, -0.25) is 4.79 Å². The van der Waals surface area contributed by atoms with Crippen LogP contribution in [0.15, 0.2) is 0 Å². The third-order valence-corrected chi connectivity index (χ3v) is 10.5. The van der Waals surface area contributed by atoms with Gasteiger partial charge in [-0.25, -0.2) is 0 Å². The van der Waals surface area contributed by atoms with Crippen molar-refractivity contribution < 1.29 is 44.2 Å². The molecule has 0 aromatic rings. The van der Waals surface area contributed by atoms with Crippen molar-refractivity contribution in [1.82, 2.24) is 0 Å². The van der Waals surface area contributed by atoms with Crippen LogP contribution >= 0.6 is 0 Å². The molecule has 1 rings (SSSR count). The van der Waals surface area contributed by atoms with Gasteiger partial charge in [0.05, 0.1) is 19.8 Å². The van der Waals surface area contributed by atoms with Crippen LogP contribution in [-0.2, 0) is 23.7 Å². The summed E-state index contributed by atoms with van der Waals surface area (Å²) in [6.45, 7) is 4.59. The molecule has 0 amide bonds. The predicted octanol–water partition coefficient (Wildman–Crippen LogP) is 9.47. The molecule has 0 saturated carbocycles. The zero-order valence-corrected chi connectivity index (χ0v) is 33.8. The van der Waals surface area contributed by atoms with E-state index in [1.54, 1.807) is 0 Å². The number of rotatable bonds is 38. The van der Waals surface area contributed by atoms with Gasteiger partial charge in [0.2, 0.25) is 0 Å². The molecule has 0 spiro atoms. The highest BCUT2D eigenvalue weighted by Crippen LogP contribution is 2.23. The Labute approximate surface area is 319 Å². The van der Waals surface area contributed by atoms with Gasteiger partial charge in [0.15, 0.2) is 6.29 Å². The standard InChI is InChI=1S/C43H84O9/c1-3-5-7-9-11-13-15-16-17-18-19-20-21-23-25-27-29-31-33-49-35-37(36-50-43-42(48)41(47)40(46)38(34-44)52-43)51-39(45)32-30-28-26-24-22-14-12-10-8-6-4-2/h37-38,40-44,46-48H,3-36H2,1-2H3. The Kier molecular flexibility index (Phi) is 33.9.